The first-order valence-electron chi connectivity index (χ1n) is 6.28. The van der Waals surface area contributed by atoms with Crippen LogP contribution in [0.15, 0.2) is 43.5 Å². The van der Waals surface area contributed by atoms with Crippen molar-refractivity contribution in [2.45, 2.75) is 6.92 Å². The van der Waals surface area contributed by atoms with Crippen molar-refractivity contribution in [3.8, 4) is 6.07 Å². The van der Waals surface area contributed by atoms with Gasteiger partial charge in [0.15, 0.2) is 5.57 Å². The van der Waals surface area contributed by atoms with Crippen molar-refractivity contribution < 1.29 is 13.9 Å². The highest BCUT2D eigenvalue weighted by Crippen LogP contribution is 2.21. The van der Waals surface area contributed by atoms with E-state index in [1.54, 1.807) is 31.2 Å². The molecule has 0 aliphatic heterocycles. The van der Waals surface area contributed by atoms with Crippen LogP contribution in [0.4, 0.5) is 0 Å². The molecule has 0 spiro atoms. The molecule has 6 nitrogen and oxygen atoms in total. The van der Waals surface area contributed by atoms with Gasteiger partial charge in [-0.25, -0.2) is 9.59 Å². The highest BCUT2D eigenvalue weighted by Gasteiger charge is 2.19. The first-order valence-corrected chi connectivity index (χ1v) is 7.08. The Balaban J connectivity index is 2.67. The summed E-state index contributed by atoms with van der Waals surface area (Å²) in [4.78, 5) is 23.7. The molecule has 1 heterocycles. The number of nitrogens with zero attached hydrogens (tertiary/aromatic N) is 1. The number of esters is 1. The van der Waals surface area contributed by atoms with E-state index >= 15 is 0 Å². The number of ether oxygens (including phenoxy) is 1. The summed E-state index contributed by atoms with van der Waals surface area (Å²) in [6, 6.07) is 8.21. The van der Waals surface area contributed by atoms with Crippen LogP contribution in [-0.2, 0) is 9.53 Å². The number of hydrogen-bond donors (Lipinski definition) is 1. The van der Waals surface area contributed by atoms with Crippen molar-refractivity contribution >= 4 is 38.6 Å². The fraction of sp³-hybridized carbons (Fsp3) is 0.133. The zero-order valence-corrected chi connectivity index (χ0v) is 13.1. The fourth-order valence-corrected chi connectivity index (χ4v) is 2.21. The van der Waals surface area contributed by atoms with E-state index in [2.05, 4.69) is 15.9 Å². The lowest BCUT2D eigenvalue weighted by atomic mass is 10.1. The third kappa shape index (κ3) is 3.02. The SMILES string of the molecule is CCOC(=O)/C(C#N)=C(/N)c1cc2cc(Br)ccc2oc1=O. The molecule has 0 unspecified atom stereocenters. The third-order valence-corrected chi connectivity index (χ3v) is 3.34. The van der Waals surface area contributed by atoms with Gasteiger partial charge < -0.3 is 14.9 Å². The minimum atomic E-state index is -0.878. The van der Waals surface area contributed by atoms with Crippen molar-refractivity contribution in [3.63, 3.8) is 0 Å². The fourth-order valence-electron chi connectivity index (χ4n) is 1.84. The molecule has 2 aromatic rings. The molecule has 22 heavy (non-hydrogen) atoms. The number of fused-ring (bicyclic) bond motifs is 1. The molecular formula is C15H11BrN2O4. The summed E-state index contributed by atoms with van der Waals surface area (Å²) in [6.07, 6.45) is 0. The predicted octanol–water partition coefficient (Wildman–Crippen LogP) is 2.31. The van der Waals surface area contributed by atoms with E-state index in [9.17, 15) is 9.59 Å². The van der Waals surface area contributed by atoms with Crippen LogP contribution >= 0.6 is 15.9 Å². The van der Waals surface area contributed by atoms with Crippen LogP contribution in [0, 0.1) is 11.3 Å². The average Bonchev–Trinajstić information content (AvgIpc) is 2.48. The maximum absolute atomic E-state index is 12.0. The minimum absolute atomic E-state index is 0.0600. The second kappa shape index (κ2) is 6.45. The molecule has 0 atom stereocenters. The van der Waals surface area contributed by atoms with Gasteiger partial charge in [-0.3, -0.25) is 0 Å². The van der Waals surface area contributed by atoms with Crippen molar-refractivity contribution in [1.29, 1.82) is 5.26 Å². The highest BCUT2D eigenvalue weighted by atomic mass is 79.9. The number of nitriles is 1. The normalized spacial score (nSPS) is 11.7. The Kier molecular flexibility index (Phi) is 4.63. The third-order valence-electron chi connectivity index (χ3n) is 2.85. The summed E-state index contributed by atoms with van der Waals surface area (Å²) in [5, 5.41) is 9.68. The first kappa shape index (κ1) is 15.8. The molecule has 112 valence electrons. The Labute approximate surface area is 133 Å². The molecular weight excluding hydrogens is 352 g/mol. The summed E-state index contributed by atoms with van der Waals surface area (Å²) >= 11 is 3.31. The second-order valence-electron chi connectivity index (χ2n) is 4.25. The highest BCUT2D eigenvalue weighted by molar-refractivity contribution is 9.10. The molecule has 0 saturated carbocycles. The van der Waals surface area contributed by atoms with Crippen molar-refractivity contribution in [3.05, 3.63) is 50.3 Å². The molecule has 0 fully saturated rings. The molecule has 7 heteroatoms. The number of benzene rings is 1. The zero-order chi connectivity index (χ0) is 16.3. The largest absolute Gasteiger partial charge is 0.462 e. The van der Waals surface area contributed by atoms with Crippen LogP contribution in [0.5, 0.6) is 0 Å². The van der Waals surface area contributed by atoms with E-state index in [1.165, 1.54) is 6.07 Å². The van der Waals surface area contributed by atoms with Gasteiger partial charge in [0.25, 0.3) is 0 Å². The van der Waals surface area contributed by atoms with Gasteiger partial charge >= 0.3 is 11.6 Å². The maximum Gasteiger partial charge on any atom is 0.351 e. The molecule has 0 radical (unpaired) electrons. The summed E-state index contributed by atoms with van der Waals surface area (Å²) in [5.41, 5.74) is 4.68. The molecule has 0 aliphatic carbocycles. The molecule has 0 amide bonds. The van der Waals surface area contributed by atoms with Crippen molar-refractivity contribution in [2.24, 2.45) is 5.73 Å². The standard InChI is InChI=1S/C15H11BrN2O4/c1-2-21-14(19)11(7-17)13(18)10-6-8-5-9(16)3-4-12(8)22-15(10)20/h3-6H,2,18H2,1H3/b13-11+. The van der Waals surface area contributed by atoms with Gasteiger partial charge in [-0.2, -0.15) is 5.26 Å². The summed E-state index contributed by atoms with van der Waals surface area (Å²) in [6.45, 7) is 1.70. The lowest BCUT2D eigenvalue weighted by Crippen LogP contribution is -2.17. The van der Waals surface area contributed by atoms with Crippen molar-refractivity contribution in [2.75, 3.05) is 6.61 Å². The van der Waals surface area contributed by atoms with Gasteiger partial charge in [0.05, 0.1) is 17.9 Å². The number of carbonyl (C=O) groups is 1. The van der Waals surface area contributed by atoms with Crippen LogP contribution in [0.25, 0.3) is 16.7 Å². The molecule has 0 saturated heterocycles. The van der Waals surface area contributed by atoms with Gasteiger partial charge in [-0.05, 0) is 31.2 Å². The molecule has 2 N–H and O–H groups in total. The summed E-state index contributed by atoms with van der Waals surface area (Å²) in [7, 11) is 0. The van der Waals surface area contributed by atoms with Gasteiger partial charge in [0, 0.05) is 9.86 Å². The number of nitrogens with two attached hydrogens (primary N) is 1. The topological polar surface area (TPSA) is 106 Å². The number of rotatable bonds is 3. The monoisotopic (exact) mass is 362 g/mol. The number of halogens is 1. The van der Waals surface area contributed by atoms with E-state index in [0.29, 0.717) is 11.0 Å². The summed E-state index contributed by atoms with van der Waals surface area (Å²) < 4.78 is 10.7. The minimum Gasteiger partial charge on any atom is -0.462 e. The molecule has 2 rings (SSSR count). The smallest absolute Gasteiger partial charge is 0.351 e. The van der Waals surface area contributed by atoms with Crippen LogP contribution < -0.4 is 11.4 Å². The number of carbonyl (C=O) groups excluding carboxylic acids is 1. The average molecular weight is 363 g/mol. The van der Waals surface area contributed by atoms with Gasteiger partial charge in [0.2, 0.25) is 0 Å². The molecule has 0 aliphatic rings. The first-order chi connectivity index (χ1) is 10.5. The van der Waals surface area contributed by atoms with Gasteiger partial charge in [-0.15, -0.1) is 0 Å². The van der Waals surface area contributed by atoms with E-state index in [0.717, 1.165) is 4.47 Å². The molecule has 1 aromatic carbocycles. The van der Waals surface area contributed by atoms with E-state index in [1.807, 2.05) is 0 Å². The molecule has 1 aromatic heterocycles. The van der Waals surface area contributed by atoms with Crippen LogP contribution in [0.1, 0.15) is 12.5 Å². The van der Waals surface area contributed by atoms with Gasteiger partial charge in [0.1, 0.15) is 11.7 Å². The quantitative estimate of drug-likeness (QED) is 0.388. The van der Waals surface area contributed by atoms with Crippen molar-refractivity contribution in [1.82, 2.24) is 0 Å². The van der Waals surface area contributed by atoms with Crippen LogP contribution in [-0.4, -0.2) is 12.6 Å². The lowest BCUT2D eigenvalue weighted by Gasteiger charge is -2.06. The van der Waals surface area contributed by atoms with E-state index in [-0.39, 0.29) is 17.9 Å². The Morgan fingerprint density at radius 1 is 1.45 bits per heavy atom. The van der Waals surface area contributed by atoms with Crippen LogP contribution in [0.3, 0.4) is 0 Å². The maximum atomic E-state index is 12.0. The summed E-state index contributed by atoms with van der Waals surface area (Å²) in [5.74, 6) is -0.878. The Morgan fingerprint density at radius 2 is 2.18 bits per heavy atom. The predicted molar refractivity (Wildman–Crippen MR) is 83.5 cm³/mol. The van der Waals surface area contributed by atoms with Crippen LogP contribution in [0.2, 0.25) is 0 Å². The zero-order valence-electron chi connectivity index (χ0n) is 11.6. The van der Waals surface area contributed by atoms with E-state index in [4.69, 9.17) is 20.1 Å². The molecule has 0 bridgehead atoms. The lowest BCUT2D eigenvalue weighted by molar-refractivity contribution is -0.137. The number of hydrogen-bond acceptors (Lipinski definition) is 6. The Morgan fingerprint density at radius 3 is 2.82 bits per heavy atom. The Bertz CT molecular complexity index is 877. The Hall–Kier alpha value is -2.59. The van der Waals surface area contributed by atoms with Gasteiger partial charge in [-0.1, -0.05) is 15.9 Å². The van der Waals surface area contributed by atoms with E-state index < -0.39 is 17.2 Å². The second-order valence-corrected chi connectivity index (χ2v) is 5.17.